The van der Waals surface area contributed by atoms with Crippen LogP contribution in [0.15, 0.2) is 54.7 Å². The fourth-order valence-corrected chi connectivity index (χ4v) is 3.01. The number of para-hydroxylation sites is 1. The second-order valence-corrected chi connectivity index (χ2v) is 6.03. The predicted molar refractivity (Wildman–Crippen MR) is 107 cm³/mol. The Kier molecular flexibility index (Phi) is 5.91. The molecule has 3 heteroatoms. The Labute approximate surface area is 149 Å². The van der Waals surface area contributed by atoms with E-state index in [1.807, 2.05) is 24.4 Å². The third-order valence-corrected chi connectivity index (χ3v) is 4.55. The van der Waals surface area contributed by atoms with Crippen molar-refractivity contribution < 1.29 is 4.74 Å². The molecule has 0 bridgehead atoms. The van der Waals surface area contributed by atoms with Gasteiger partial charge in [-0.1, -0.05) is 56.3 Å². The van der Waals surface area contributed by atoms with Crippen molar-refractivity contribution in [2.75, 3.05) is 26.2 Å². The van der Waals surface area contributed by atoms with Crippen molar-refractivity contribution in [1.82, 2.24) is 9.88 Å². The monoisotopic (exact) mass is 334 g/mol. The van der Waals surface area contributed by atoms with Crippen LogP contribution in [0.3, 0.4) is 0 Å². The van der Waals surface area contributed by atoms with Crippen LogP contribution >= 0.6 is 0 Å². The van der Waals surface area contributed by atoms with Crippen LogP contribution in [0.4, 0.5) is 0 Å². The summed E-state index contributed by atoms with van der Waals surface area (Å²) < 4.78 is 6.03. The van der Waals surface area contributed by atoms with E-state index in [2.05, 4.69) is 66.2 Å². The molecule has 0 unspecified atom stereocenters. The summed E-state index contributed by atoms with van der Waals surface area (Å²) in [6, 6.07) is 16.6. The fraction of sp³-hybridized carbons (Fsp3) is 0.273. The van der Waals surface area contributed by atoms with E-state index < -0.39 is 0 Å². The molecule has 0 aliphatic carbocycles. The fourth-order valence-electron chi connectivity index (χ4n) is 3.01. The summed E-state index contributed by atoms with van der Waals surface area (Å²) in [4.78, 5) is 5.62. The van der Waals surface area contributed by atoms with E-state index in [-0.39, 0.29) is 0 Å². The molecule has 0 saturated heterocycles. The third kappa shape index (κ3) is 4.31. The van der Waals surface area contributed by atoms with Crippen LogP contribution < -0.4 is 4.74 Å². The Morgan fingerprint density at radius 3 is 2.52 bits per heavy atom. The summed E-state index contributed by atoms with van der Waals surface area (Å²) in [5.74, 6) is 0.937. The quantitative estimate of drug-likeness (QED) is 0.583. The zero-order valence-electron chi connectivity index (χ0n) is 15.0. The highest BCUT2D eigenvalue weighted by Crippen LogP contribution is 2.23. The van der Waals surface area contributed by atoms with Gasteiger partial charge in [0.05, 0.1) is 0 Å². The number of benzene rings is 2. The lowest BCUT2D eigenvalue weighted by Gasteiger charge is -2.18. The second-order valence-electron chi connectivity index (χ2n) is 6.03. The van der Waals surface area contributed by atoms with Gasteiger partial charge in [0.2, 0.25) is 0 Å². The van der Waals surface area contributed by atoms with E-state index in [0.29, 0.717) is 6.61 Å². The summed E-state index contributed by atoms with van der Waals surface area (Å²) in [5, 5.41) is 1.23. The number of nitrogens with zero attached hydrogens (tertiary/aromatic N) is 1. The highest BCUT2D eigenvalue weighted by Gasteiger charge is 2.03. The molecule has 1 heterocycles. The van der Waals surface area contributed by atoms with Gasteiger partial charge in [-0.3, -0.25) is 0 Å². The van der Waals surface area contributed by atoms with Gasteiger partial charge in [0.15, 0.2) is 0 Å². The average molecular weight is 334 g/mol. The van der Waals surface area contributed by atoms with Gasteiger partial charge < -0.3 is 14.6 Å². The van der Waals surface area contributed by atoms with Crippen molar-refractivity contribution in [2.24, 2.45) is 0 Å². The maximum atomic E-state index is 6.03. The summed E-state index contributed by atoms with van der Waals surface area (Å²) in [7, 11) is 0. The molecule has 0 aliphatic heterocycles. The molecule has 25 heavy (non-hydrogen) atoms. The van der Waals surface area contributed by atoms with E-state index in [4.69, 9.17) is 4.74 Å². The molecule has 0 atom stereocenters. The molecule has 130 valence electrons. The number of aromatic amines is 1. The predicted octanol–water partition coefficient (Wildman–Crippen LogP) is 5.06. The Hall–Kier alpha value is -2.52. The lowest BCUT2D eigenvalue weighted by molar-refractivity contribution is 0.222. The van der Waals surface area contributed by atoms with Crippen LogP contribution in [0.1, 0.15) is 25.0 Å². The minimum atomic E-state index is 0.708. The minimum absolute atomic E-state index is 0.708. The molecule has 0 fully saturated rings. The van der Waals surface area contributed by atoms with Crippen LogP contribution in [0, 0.1) is 0 Å². The van der Waals surface area contributed by atoms with E-state index in [0.717, 1.165) is 36.5 Å². The first-order valence-electron chi connectivity index (χ1n) is 9.00. The van der Waals surface area contributed by atoms with Crippen LogP contribution in [-0.4, -0.2) is 36.1 Å². The molecule has 3 rings (SSSR count). The Morgan fingerprint density at radius 1 is 0.920 bits per heavy atom. The van der Waals surface area contributed by atoms with Crippen molar-refractivity contribution in [3.05, 3.63) is 65.9 Å². The van der Waals surface area contributed by atoms with Gasteiger partial charge in [0, 0.05) is 29.2 Å². The second kappa shape index (κ2) is 8.54. The highest BCUT2D eigenvalue weighted by molar-refractivity contribution is 5.91. The molecule has 1 N–H and O–H groups in total. The molecule has 0 radical (unpaired) electrons. The molecular weight excluding hydrogens is 308 g/mol. The van der Waals surface area contributed by atoms with Crippen LogP contribution in [0.2, 0.25) is 0 Å². The van der Waals surface area contributed by atoms with Crippen LogP contribution in [0.5, 0.6) is 5.75 Å². The zero-order valence-corrected chi connectivity index (χ0v) is 15.0. The van der Waals surface area contributed by atoms with Gasteiger partial charge in [-0.15, -0.1) is 0 Å². The molecule has 2 aromatic carbocycles. The topological polar surface area (TPSA) is 28.3 Å². The Bertz CT molecular complexity index is 831. The number of H-pyrrole nitrogens is 1. The number of rotatable bonds is 8. The van der Waals surface area contributed by atoms with Gasteiger partial charge in [0.25, 0.3) is 0 Å². The van der Waals surface area contributed by atoms with Crippen LogP contribution in [0.25, 0.3) is 23.1 Å². The first kappa shape index (κ1) is 17.3. The number of hydrogen-bond acceptors (Lipinski definition) is 2. The standard InChI is InChI=1S/C22H26N2O/c1-3-24(4-2)16-17-25-22-11-6-5-8-19(22)13-12-18-9-7-10-21-20(18)14-15-23-21/h5-15,23H,3-4,16-17H2,1-2H3. The number of hydrogen-bond donors (Lipinski definition) is 1. The van der Waals surface area contributed by atoms with Crippen molar-refractivity contribution >= 4 is 23.1 Å². The van der Waals surface area contributed by atoms with Crippen molar-refractivity contribution in [3.63, 3.8) is 0 Å². The van der Waals surface area contributed by atoms with Gasteiger partial charge in [-0.2, -0.15) is 0 Å². The van der Waals surface area contributed by atoms with Gasteiger partial charge in [0.1, 0.15) is 12.4 Å². The van der Waals surface area contributed by atoms with E-state index in [9.17, 15) is 0 Å². The molecule has 0 spiro atoms. The van der Waals surface area contributed by atoms with Crippen LogP contribution in [-0.2, 0) is 0 Å². The Morgan fingerprint density at radius 2 is 1.68 bits per heavy atom. The van der Waals surface area contributed by atoms with Crippen molar-refractivity contribution in [2.45, 2.75) is 13.8 Å². The summed E-state index contributed by atoms with van der Waals surface area (Å²) in [6.07, 6.45) is 6.27. The van der Waals surface area contributed by atoms with E-state index in [1.54, 1.807) is 0 Å². The molecule has 1 aromatic heterocycles. The van der Waals surface area contributed by atoms with E-state index in [1.165, 1.54) is 10.9 Å². The summed E-state index contributed by atoms with van der Waals surface area (Å²) in [6.45, 7) is 8.14. The maximum absolute atomic E-state index is 6.03. The number of ether oxygens (including phenoxy) is 1. The lowest BCUT2D eigenvalue weighted by atomic mass is 10.1. The lowest BCUT2D eigenvalue weighted by Crippen LogP contribution is -2.27. The van der Waals surface area contributed by atoms with Crippen molar-refractivity contribution in [1.29, 1.82) is 0 Å². The number of aromatic nitrogens is 1. The first-order chi connectivity index (χ1) is 12.3. The summed E-state index contributed by atoms with van der Waals surface area (Å²) in [5.41, 5.74) is 3.47. The Balaban J connectivity index is 1.73. The van der Waals surface area contributed by atoms with Gasteiger partial charge >= 0.3 is 0 Å². The normalized spacial score (nSPS) is 11.6. The third-order valence-electron chi connectivity index (χ3n) is 4.55. The molecule has 0 saturated carbocycles. The van der Waals surface area contributed by atoms with Gasteiger partial charge in [-0.25, -0.2) is 0 Å². The first-order valence-corrected chi connectivity index (χ1v) is 9.00. The maximum Gasteiger partial charge on any atom is 0.126 e. The largest absolute Gasteiger partial charge is 0.492 e. The van der Waals surface area contributed by atoms with Gasteiger partial charge in [-0.05, 0) is 36.9 Å². The molecule has 0 amide bonds. The van der Waals surface area contributed by atoms with E-state index >= 15 is 0 Å². The zero-order chi connectivity index (χ0) is 17.5. The number of fused-ring (bicyclic) bond motifs is 1. The SMILES string of the molecule is CCN(CC)CCOc1ccccc1C=Cc1cccc2[nH]ccc12. The number of nitrogens with one attached hydrogen (secondary N) is 1. The van der Waals surface area contributed by atoms with Crippen molar-refractivity contribution in [3.8, 4) is 5.75 Å². The summed E-state index contributed by atoms with van der Waals surface area (Å²) >= 11 is 0. The highest BCUT2D eigenvalue weighted by atomic mass is 16.5. The molecular formula is C22H26N2O. The molecule has 0 aliphatic rings. The molecule has 3 aromatic rings. The minimum Gasteiger partial charge on any atom is -0.492 e. The molecule has 3 nitrogen and oxygen atoms in total. The average Bonchev–Trinajstić information content (AvgIpc) is 3.14. The smallest absolute Gasteiger partial charge is 0.126 e. The number of likely N-dealkylation sites (N-methyl/N-ethyl adjacent to an activating group) is 1.